The number of carbonyl (C=O) groups is 1. The Morgan fingerprint density at radius 1 is 1.23 bits per heavy atom. The lowest BCUT2D eigenvalue weighted by Crippen LogP contribution is -2.42. The summed E-state index contributed by atoms with van der Waals surface area (Å²) in [7, 11) is 0. The van der Waals surface area contributed by atoms with Gasteiger partial charge in [-0.05, 0) is 61.5 Å². The molecule has 3 aliphatic rings. The Hall–Kier alpha value is -1.55. The lowest BCUT2D eigenvalue weighted by Gasteiger charge is -2.48. The minimum atomic E-state index is -0.816. The highest BCUT2D eigenvalue weighted by molar-refractivity contribution is 5.91. The number of aliphatic hydroxyl groups is 1. The van der Waals surface area contributed by atoms with Crippen LogP contribution in [0.5, 0.6) is 11.5 Å². The number of aliphatic hydroxyl groups excluding tert-OH is 1. The van der Waals surface area contributed by atoms with Crippen molar-refractivity contribution in [3.63, 3.8) is 0 Å². The third-order valence-electron chi connectivity index (χ3n) is 6.52. The van der Waals surface area contributed by atoms with E-state index in [-0.39, 0.29) is 29.1 Å². The highest BCUT2D eigenvalue weighted by atomic mass is 16.3. The highest BCUT2D eigenvalue weighted by Crippen LogP contribution is 2.60. The van der Waals surface area contributed by atoms with Crippen molar-refractivity contribution in [1.82, 2.24) is 0 Å². The van der Waals surface area contributed by atoms with Gasteiger partial charge < -0.3 is 15.3 Å². The number of Topliss-reactive ketones (excluding diaryl/α,β-unsaturated/α-hetero) is 1. The summed E-state index contributed by atoms with van der Waals surface area (Å²) in [6, 6.07) is 3.18. The minimum absolute atomic E-state index is 0.0108. The lowest BCUT2D eigenvalue weighted by atomic mass is 9.55. The largest absolute Gasteiger partial charge is 0.508 e. The zero-order chi connectivity index (χ0) is 15.6. The van der Waals surface area contributed by atoms with Gasteiger partial charge in [0.25, 0.3) is 0 Å². The summed E-state index contributed by atoms with van der Waals surface area (Å²) < 4.78 is 0. The van der Waals surface area contributed by atoms with E-state index in [1.54, 1.807) is 6.07 Å². The van der Waals surface area contributed by atoms with E-state index in [9.17, 15) is 20.1 Å². The van der Waals surface area contributed by atoms with Gasteiger partial charge in [0.2, 0.25) is 0 Å². The predicted molar refractivity (Wildman–Crippen MR) is 80.8 cm³/mol. The molecule has 0 radical (unpaired) electrons. The predicted octanol–water partition coefficient (Wildman–Crippen LogP) is 2.49. The van der Waals surface area contributed by atoms with Gasteiger partial charge in [0.1, 0.15) is 17.6 Å². The number of aromatic hydroxyl groups is 2. The SMILES string of the molecule is C[C@]12CC[C@@H]3c4c(O)cc(O)cc4CC[C@@H]3[C@@H]1C[C@H](O)C2=O. The second-order valence-electron chi connectivity index (χ2n) is 7.53. The Morgan fingerprint density at radius 2 is 2.00 bits per heavy atom. The van der Waals surface area contributed by atoms with Crippen molar-refractivity contribution < 1.29 is 20.1 Å². The van der Waals surface area contributed by atoms with Crippen LogP contribution in [-0.4, -0.2) is 27.2 Å². The zero-order valence-electron chi connectivity index (χ0n) is 12.7. The van der Waals surface area contributed by atoms with Crippen LogP contribution in [0.4, 0.5) is 0 Å². The van der Waals surface area contributed by atoms with Crippen LogP contribution in [0.2, 0.25) is 0 Å². The fourth-order valence-electron chi connectivity index (χ4n) is 5.47. The number of benzene rings is 1. The minimum Gasteiger partial charge on any atom is -0.508 e. The summed E-state index contributed by atoms with van der Waals surface area (Å²) in [5.74, 6) is 1.08. The molecule has 22 heavy (non-hydrogen) atoms. The Balaban J connectivity index is 1.76. The molecule has 0 aliphatic heterocycles. The van der Waals surface area contributed by atoms with Crippen molar-refractivity contribution in [2.75, 3.05) is 0 Å². The van der Waals surface area contributed by atoms with Crippen LogP contribution in [-0.2, 0) is 11.2 Å². The third kappa shape index (κ3) is 1.70. The molecular weight excluding hydrogens is 280 g/mol. The quantitative estimate of drug-likeness (QED) is 0.688. The molecule has 118 valence electrons. The topological polar surface area (TPSA) is 77.8 Å². The molecule has 1 aromatic carbocycles. The molecule has 0 amide bonds. The molecule has 2 saturated carbocycles. The molecule has 0 spiro atoms. The van der Waals surface area contributed by atoms with Gasteiger partial charge in [-0.25, -0.2) is 0 Å². The van der Waals surface area contributed by atoms with Crippen molar-refractivity contribution in [3.8, 4) is 11.5 Å². The van der Waals surface area contributed by atoms with E-state index in [0.29, 0.717) is 12.3 Å². The maximum absolute atomic E-state index is 12.4. The maximum Gasteiger partial charge on any atom is 0.167 e. The van der Waals surface area contributed by atoms with Crippen molar-refractivity contribution in [1.29, 1.82) is 0 Å². The fourth-order valence-corrected chi connectivity index (χ4v) is 5.47. The summed E-state index contributed by atoms with van der Waals surface area (Å²) in [4.78, 5) is 12.4. The normalized spacial score (nSPS) is 40.0. The number of fused-ring (bicyclic) bond motifs is 5. The monoisotopic (exact) mass is 302 g/mol. The molecule has 5 atom stereocenters. The Kier molecular flexibility index (Phi) is 2.86. The van der Waals surface area contributed by atoms with Gasteiger partial charge in [-0.1, -0.05) is 6.92 Å². The van der Waals surface area contributed by atoms with Gasteiger partial charge >= 0.3 is 0 Å². The molecule has 4 heteroatoms. The molecular formula is C18H22O4. The van der Waals surface area contributed by atoms with Crippen LogP contribution in [0.15, 0.2) is 12.1 Å². The molecule has 4 nitrogen and oxygen atoms in total. The summed E-state index contributed by atoms with van der Waals surface area (Å²) in [5.41, 5.74) is 1.60. The Bertz CT molecular complexity index is 653. The molecule has 4 rings (SSSR count). The number of ketones is 1. The molecule has 3 N–H and O–H groups in total. The Labute approximate surface area is 129 Å². The van der Waals surface area contributed by atoms with Crippen LogP contribution in [0, 0.1) is 17.3 Å². The van der Waals surface area contributed by atoms with Gasteiger partial charge in [-0.15, -0.1) is 0 Å². The van der Waals surface area contributed by atoms with Crippen LogP contribution < -0.4 is 0 Å². The fraction of sp³-hybridized carbons (Fsp3) is 0.611. The molecule has 3 aliphatic carbocycles. The van der Waals surface area contributed by atoms with E-state index in [2.05, 4.69) is 0 Å². The van der Waals surface area contributed by atoms with Crippen LogP contribution >= 0.6 is 0 Å². The van der Waals surface area contributed by atoms with Gasteiger partial charge in [-0.3, -0.25) is 4.79 Å². The maximum atomic E-state index is 12.4. The van der Waals surface area contributed by atoms with Crippen molar-refractivity contribution in [2.45, 2.75) is 51.0 Å². The molecule has 0 bridgehead atoms. The number of carbonyl (C=O) groups excluding carboxylic acids is 1. The first-order valence-electron chi connectivity index (χ1n) is 8.19. The first-order chi connectivity index (χ1) is 10.4. The van der Waals surface area contributed by atoms with E-state index in [1.807, 2.05) is 6.92 Å². The van der Waals surface area contributed by atoms with E-state index in [4.69, 9.17) is 0 Å². The van der Waals surface area contributed by atoms with E-state index < -0.39 is 11.5 Å². The van der Waals surface area contributed by atoms with E-state index >= 15 is 0 Å². The molecule has 0 unspecified atom stereocenters. The smallest absolute Gasteiger partial charge is 0.167 e. The van der Waals surface area contributed by atoms with Crippen molar-refractivity contribution in [2.24, 2.45) is 17.3 Å². The number of aryl methyl sites for hydroxylation is 1. The number of rotatable bonds is 0. The number of hydrogen-bond donors (Lipinski definition) is 3. The lowest BCUT2D eigenvalue weighted by molar-refractivity contribution is -0.134. The zero-order valence-corrected chi connectivity index (χ0v) is 12.7. The molecule has 2 fully saturated rings. The second kappa shape index (κ2) is 4.48. The standard InChI is InChI=1S/C18H22O4/c1-18-5-4-12-11(13(18)8-15(21)17(18)22)3-2-9-6-10(19)7-14(20)16(9)12/h6-7,11-13,15,19-21H,2-5,8H2,1H3/t11-,12-,13-,15-,18-/m0/s1. The second-order valence-corrected chi connectivity index (χ2v) is 7.53. The molecule has 1 aromatic rings. The van der Waals surface area contributed by atoms with Gasteiger partial charge in [0.15, 0.2) is 5.78 Å². The van der Waals surface area contributed by atoms with Gasteiger partial charge in [-0.2, -0.15) is 0 Å². The van der Waals surface area contributed by atoms with Crippen LogP contribution in [0.1, 0.15) is 49.7 Å². The first kappa shape index (κ1) is 14.1. The summed E-state index contributed by atoms with van der Waals surface area (Å²) >= 11 is 0. The number of hydrogen-bond acceptors (Lipinski definition) is 4. The molecule has 0 saturated heterocycles. The van der Waals surface area contributed by atoms with Crippen LogP contribution in [0.3, 0.4) is 0 Å². The first-order valence-corrected chi connectivity index (χ1v) is 8.19. The summed E-state index contributed by atoms with van der Waals surface area (Å²) in [5, 5.41) is 30.0. The third-order valence-corrected chi connectivity index (χ3v) is 6.52. The Morgan fingerprint density at radius 3 is 2.77 bits per heavy atom. The highest BCUT2D eigenvalue weighted by Gasteiger charge is 2.58. The van der Waals surface area contributed by atoms with Crippen LogP contribution in [0.25, 0.3) is 0 Å². The molecule has 0 aromatic heterocycles. The van der Waals surface area contributed by atoms with E-state index in [0.717, 1.165) is 36.8 Å². The summed E-state index contributed by atoms with van der Waals surface area (Å²) in [6.45, 7) is 2.01. The van der Waals surface area contributed by atoms with E-state index in [1.165, 1.54) is 6.07 Å². The average Bonchev–Trinajstić information content (AvgIpc) is 2.70. The molecule has 0 heterocycles. The van der Waals surface area contributed by atoms with Gasteiger partial charge in [0, 0.05) is 17.0 Å². The van der Waals surface area contributed by atoms with Crippen molar-refractivity contribution in [3.05, 3.63) is 23.3 Å². The number of phenolic OH excluding ortho intramolecular Hbond substituents is 2. The summed E-state index contributed by atoms with van der Waals surface area (Å²) in [6.07, 6.45) is 3.15. The average molecular weight is 302 g/mol. The van der Waals surface area contributed by atoms with Crippen molar-refractivity contribution >= 4 is 5.78 Å². The van der Waals surface area contributed by atoms with Gasteiger partial charge in [0.05, 0.1) is 0 Å². The number of phenols is 2.